The van der Waals surface area contributed by atoms with Crippen molar-refractivity contribution in [3.63, 3.8) is 0 Å². The van der Waals surface area contributed by atoms with Gasteiger partial charge in [0.25, 0.3) is 0 Å². The molecule has 6 heteroatoms. The van der Waals surface area contributed by atoms with Gasteiger partial charge in [0.05, 0.1) is 12.7 Å². The molecular formula is C11H15BO5. The second kappa shape index (κ2) is 7.06. The van der Waals surface area contributed by atoms with E-state index in [4.69, 9.17) is 9.76 Å². The molecule has 1 aromatic rings. The first kappa shape index (κ1) is 13.7. The van der Waals surface area contributed by atoms with E-state index in [0.29, 0.717) is 17.4 Å². The molecule has 0 aliphatic rings. The van der Waals surface area contributed by atoms with Gasteiger partial charge in [-0.1, -0.05) is 12.1 Å². The number of aliphatic hydroxyl groups is 1. The summed E-state index contributed by atoms with van der Waals surface area (Å²) >= 11 is 0. The van der Waals surface area contributed by atoms with Gasteiger partial charge in [-0.25, -0.2) is 4.79 Å². The number of aliphatic hydroxyl groups excluding tert-OH is 1. The van der Waals surface area contributed by atoms with Crippen LogP contribution in [0.25, 0.3) is 0 Å². The van der Waals surface area contributed by atoms with E-state index in [0.717, 1.165) is 0 Å². The lowest BCUT2D eigenvalue weighted by atomic mass is 9.79. The first-order chi connectivity index (χ1) is 8.19. The zero-order valence-electron chi connectivity index (χ0n) is 9.63. The van der Waals surface area contributed by atoms with Crippen molar-refractivity contribution in [3.8, 4) is 0 Å². The highest BCUT2D eigenvalue weighted by Gasteiger charge is 2.17. The van der Waals surface area contributed by atoms with Crippen molar-refractivity contribution in [1.29, 1.82) is 0 Å². The SMILES string of the molecule is COC(=O)c1cccc(B(O)OCCCO)c1. The van der Waals surface area contributed by atoms with E-state index in [1.165, 1.54) is 13.2 Å². The molecule has 0 aliphatic heterocycles. The maximum Gasteiger partial charge on any atom is 0.491 e. The molecule has 0 radical (unpaired) electrons. The first-order valence-electron chi connectivity index (χ1n) is 5.28. The minimum absolute atomic E-state index is 0.00885. The van der Waals surface area contributed by atoms with Crippen LogP contribution in [-0.2, 0) is 9.39 Å². The molecule has 1 aromatic carbocycles. The minimum atomic E-state index is -1.11. The number of carbonyl (C=O) groups excluding carboxylic acids is 1. The molecule has 5 nitrogen and oxygen atoms in total. The highest BCUT2D eigenvalue weighted by Crippen LogP contribution is 2.00. The Labute approximate surface area is 100 Å². The zero-order valence-corrected chi connectivity index (χ0v) is 9.63. The van der Waals surface area contributed by atoms with Crippen LogP contribution in [-0.4, -0.2) is 43.5 Å². The molecule has 0 spiro atoms. The summed E-state index contributed by atoms with van der Waals surface area (Å²) in [6.07, 6.45) is 0.452. The Morgan fingerprint density at radius 2 is 2.24 bits per heavy atom. The van der Waals surface area contributed by atoms with Crippen LogP contribution in [0.15, 0.2) is 24.3 Å². The molecule has 2 N–H and O–H groups in total. The second-order valence-electron chi connectivity index (χ2n) is 3.42. The quantitative estimate of drug-likeness (QED) is 0.399. The molecule has 0 heterocycles. The molecule has 0 aliphatic carbocycles. The Hall–Kier alpha value is -1.37. The lowest BCUT2D eigenvalue weighted by Gasteiger charge is -2.08. The number of hydrogen-bond acceptors (Lipinski definition) is 5. The number of benzene rings is 1. The number of hydrogen-bond donors (Lipinski definition) is 2. The smallest absolute Gasteiger partial charge is 0.465 e. The van der Waals surface area contributed by atoms with Crippen molar-refractivity contribution >= 4 is 18.6 Å². The summed E-state index contributed by atoms with van der Waals surface area (Å²) in [5.41, 5.74) is 0.834. The summed E-state index contributed by atoms with van der Waals surface area (Å²) in [6, 6.07) is 6.39. The van der Waals surface area contributed by atoms with Crippen LogP contribution >= 0.6 is 0 Å². The van der Waals surface area contributed by atoms with Gasteiger partial charge in [-0.2, -0.15) is 0 Å². The van der Waals surface area contributed by atoms with Crippen molar-refractivity contribution < 1.29 is 24.3 Å². The summed E-state index contributed by atoms with van der Waals surface area (Å²) in [5, 5.41) is 18.2. The normalized spacial score (nSPS) is 10.1. The average molecular weight is 238 g/mol. The van der Waals surface area contributed by atoms with Crippen molar-refractivity contribution in [3.05, 3.63) is 29.8 Å². The molecular weight excluding hydrogens is 223 g/mol. The molecule has 0 atom stereocenters. The lowest BCUT2D eigenvalue weighted by molar-refractivity contribution is 0.0601. The number of methoxy groups -OCH3 is 1. The van der Waals surface area contributed by atoms with Crippen LogP contribution in [0, 0.1) is 0 Å². The monoisotopic (exact) mass is 238 g/mol. The summed E-state index contributed by atoms with van der Waals surface area (Å²) in [6.45, 7) is 0.259. The third-order valence-corrected chi connectivity index (χ3v) is 2.17. The lowest BCUT2D eigenvalue weighted by Crippen LogP contribution is -2.34. The van der Waals surface area contributed by atoms with Crippen molar-refractivity contribution in [2.24, 2.45) is 0 Å². The van der Waals surface area contributed by atoms with Crippen LogP contribution < -0.4 is 5.46 Å². The van der Waals surface area contributed by atoms with E-state index in [1.807, 2.05) is 0 Å². The minimum Gasteiger partial charge on any atom is -0.465 e. The van der Waals surface area contributed by atoms with Gasteiger partial charge < -0.3 is 19.5 Å². The summed E-state index contributed by atoms with van der Waals surface area (Å²) in [7, 11) is 0.189. The molecule has 0 unspecified atom stereocenters. The van der Waals surface area contributed by atoms with Crippen LogP contribution in [0.3, 0.4) is 0 Å². The highest BCUT2D eigenvalue weighted by atomic mass is 16.5. The molecule has 0 saturated carbocycles. The third kappa shape index (κ3) is 4.18. The number of rotatable bonds is 6. The largest absolute Gasteiger partial charge is 0.491 e. The van der Waals surface area contributed by atoms with Gasteiger partial charge in [0.2, 0.25) is 0 Å². The molecule has 0 bridgehead atoms. The first-order valence-corrected chi connectivity index (χ1v) is 5.28. The Balaban J connectivity index is 2.67. The second-order valence-corrected chi connectivity index (χ2v) is 3.42. The Morgan fingerprint density at radius 1 is 1.47 bits per heavy atom. The average Bonchev–Trinajstić information content (AvgIpc) is 2.38. The Morgan fingerprint density at radius 3 is 2.88 bits per heavy atom. The fourth-order valence-electron chi connectivity index (χ4n) is 1.29. The molecule has 92 valence electrons. The van der Waals surface area contributed by atoms with Crippen LogP contribution in [0.4, 0.5) is 0 Å². The fraction of sp³-hybridized carbons (Fsp3) is 0.364. The van der Waals surface area contributed by atoms with Crippen LogP contribution in [0.1, 0.15) is 16.8 Å². The van der Waals surface area contributed by atoms with Crippen molar-refractivity contribution in [1.82, 2.24) is 0 Å². The molecule has 17 heavy (non-hydrogen) atoms. The molecule has 0 fully saturated rings. The van der Waals surface area contributed by atoms with Crippen LogP contribution in [0.5, 0.6) is 0 Å². The highest BCUT2D eigenvalue weighted by molar-refractivity contribution is 6.60. The number of ether oxygens (including phenoxy) is 1. The van der Waals surface area contributed by atoms with Gasteiger partial charge in [-0.15, -0.1) is 0 Å². The van der Waals surface area contributed by atoms with E-state index >= 15 is 0 Å². The van der Waals surface area contributed by atoms with E-state index < -0.39 is 13.1 Å². The number of esters is 1. The topological polar surface area (TPSA) is 76.0 Å². The Bertz CT molecular complexity index is 369. The summed E-state index contributed by atoms with van der Waals surface area (Å²) in [5.74, 6) is -0.464. The maximum absolute atomic E-state index is 11.3. The van der Waals surface area contributed by atoms with Crippen molar-refractivity contribution in [2.45, 2.75) is 6.42 Å². The maximum atomic E-state index is 11.3. The zero-order chi connectivity index (χ0) is 12.7. The van der Waals surface area contributed by atoms with Crippen LogP contribution in [0.2, 0.25) is 0 Å². The molecule has 0 amide bonds. The summed E-state index contributed by atoms with van der Waals surface area (Å²) in [4.78, 5) is 11.3. The fourth-order valence-corrected chi connectivity index (χ4v) is 1.29. The van der Waals surface area contributed by atoms with Crippen molar-refractivity contribution in [2.75, 3.05) is 20.3 Å². The summed E-state index contributed by atoms with van der Waals surface area (Å²) < 4.78 is 9.66. The van der Waals surface area contributed by atoms with E-state index in [1.54, 1.807) is 18.2 Å². The Kier molecular flexibility index (Phi) is 5.69. The van der Waals surface area contributed by atoms with E-state index in [2.05, 4.69) is 4.74 Å². The molecule has 1 rings (SSSR count). The van der Waals surface area contributed by atoms with Gasteiger partial charge in [-0.05, 0) is 24.0 Å². The van der Waals surface area contributed by atoms with Gasteiger partial charge >= 0.3 is 13.1 Å². The number of carbonyl (C=O) groups is 1. The standard InChI is InChI=1S/C11H15BO5/c1-16-11(14)9-4-2-5-10(8-9)12(15)17-7-3-6-13/h2,4-5,8,13,15H,3,6-7H2,1H3. The van der Waals surface area contributed by atoms with Gasteiger partial charge in [0.15, 0.2) is 0 Å². The van der Waals surface area contributed by atoms with E-state index in [-0.39, 0.29) is 13.2 Å². The van der Waals surface area contributed by atoms with Gasteiger partial charge in [0, 0.05) is 13.2 Å². The molecule has 0 aromatic heterocycles. The molecule has 0 saturated heterocycles. The van der Waals surface area contributed by atoms with Gasteiger partial charge in [-0.3, -0.25) is 0 Å². The predicted molar refractivity (Wildman–Crippen MR) is 63.0 cm³/mol. The third-order valence-electron chi connectivity index (χ3n) is 2.17. The van der Waals surface area contributed by atoms with Gasteiger partial charge in [0.1, 0.15) is 0 Å². The predicted octanol–water partition coefficient (Wildman–Crippen LogP) is -0.440. The van der Waals surface area contributed by atoms with E-state index in [9.17, 15) is 9.82 Å².